The van der Waals surface area contributed by atoms with Crippen molar-refractivity contribution in [3.63, 3.8) is 0 Å². The van der Waals surface area contributed by atoms with Crippen molar-refractivity contribution in [1.82, 2.24) is 14.9 Å². The molecule has 1 aliphatic heterocycles. The Labute approximate surface area is 118 Å². The van der Waals surface area contributed by atoms with Crippen LogP contribution in [0.25, 0.3) is 11.0 Å². The van der Waals surface area contributed by atoms with Crippen LogP contribution < -0.4 is 5.32 Å². The molecule has 1 N–H and O–H groups in total. The second-order valence-electron chi connectivity index (χ2n) is 5.95. The summed E-state index contributed by atoms with van der Waals surface area (Å²) in [4.78, 5) is 17.0. The molecule has 1 aliphatic carbocycles. The highest BCUT2D eigenvalue weighted by Gasteiger charge is 2.26. The van der Waals surface area contributed by atoms with Gasteiger partial charge in [-0.2, -0.15) is 0 Å². The number of fused-ring (bicyclic) bond motifs is 1. The summed E-state index contributed by atoms with van der Waals surface area (Å²) in [5.41, 5.74) is 2.89. The second kappa shape index (κ2) is 4.70. The smallest absolute Gasteiger partial charge is 0.179 e. The number of nitrogens with zero attached hydrogens (tertiary/aromatic N) is 2. The summed E-state index contributed by atoms with van der Waals surface area (Å²) in [6.45, 7) is 0.953. The van der Waals surface area contributed by atoms with Gasteiger partial charge in [-0.1, -0.05) is 6.42 Å². The first-order valence-electron chi connectivity index (χ1n) is 7.57. The third kappa shape index (κ3) is 2.04. The van der Waals surface area contributed by atoms with Gasteiger partial charge in [-0.15, -0.1) is 0 Å². The average molecular weight is 269 g/mol. The fraction of sp³-hybridized carbons (Fsp3) is 0.500. The van der Waals surface area contributed by atoms with Crippen LogP contribution in [0.1, 0.15) is 48.5 Å². The van der Waals surface area contributed by atoms with Crippen LogP contribution in [-0.4, -0.2) is 27.9 Å². The van der Waals surface area contributed by atoms with Gasteiger partial charge in [-0.05, 0) is 50.4 Å². The Bertz CT molecular complexity index is 651. The molecule has 0 radical (unpaired) electrons. The molecule has 4 heteroatoms. The van der Waals surface area contributed by atoms with E-state index in [4.69, 9.17) is 0 Å². The topological polar surface area (TPSA) is 46.9 Å². The summed E-state index contributed by atoms with van der Waals surface area (Å²) >= 11 is 0. The normalized spacial score (nSPS) is 23.1. The minimum Gasteiger partial charge on any atom is -0.327 e. The minimum absolute atomic E-state index is 0.00767. The van der Waals surface area contributed by atoms with Crippen molar-refractivity contribution in [3.8, 4) is 0 Å². The van der Waals surface area contributed by atoms with Crippen molar-refractivity contribution in [2.24, 2.45) is 0 Å². The number of piperidine rings is 1. The average Bonchev–Trinajstić information content (AvgIpc) is 3.26. The van der Waals surface area contributed by atoms with Gasteiger partial charge < -0.3 is 9.88 Å². The number of nitrogens with one attached hydrogen (secondary N) is 1. The molecule has 1 saturated carbocycles. The fourth-order valence-corrected chi connectivity index (χ4v) is 3.11. The lowest BCUT2D eigenvalue weighted by atomic mass is 9.96. The second-order valence-corrected chi connectivity index (χ2v) is 5.95. The van der Waals surface area contributed by atoms with E-state index < -0.39 is 0 Å². The van der Waals surface area contributed by atoms with Crippen LogP contribution in [0.4, 0.5) is 0 Å². The zero-order chi connectivity index (χ0) is 13.5. The van der Waals surface area contributed by atoms with Crippen molar-refractivity contribution < 1.29 is 4.79 Å². The Kier molecular flexibility index (Phi) is 2.84. The van der Waals surface area contributed by atoms with E-state index in [-0.39, 0.29) is 11.8 Å². The van der Waals surface area contributed by atoms with Gasteiger partial charge in [0.25, 0.3) is 0 Å². The van der Waals surface area contributed by atoms with E-state index in [9.17, 15) is 4.79 Å². The zero-order valence-corrected chi connectivity index (χ0v) is 11.5. The molecule has 1 unspecified atom stereocenters. The lowest BCUT2D eigenvalue weighted by Crippen LogP contribution is -2.40. The monoisotopic (exact) mass is 269 g/mol. The molecule has 2 aliphatic rings. The Morgan fingerprint density at radius 2 is 2.15 bits per heavy atom. The Hall–Kier alpha value is -1.68. The SMILES string of the molecule is O=C(c1ccc2c(c1)ncn2C1CC1)C1CCCCN1. The number of hydrogen-bond acceptors (Lipinski definition) is 3. The van der Waals surface area contributed by atoms with E-state index in [1.807, 2.05) is 18.5 Å². The summed E-state index contributed by atoms with van der Waals surface area (Å²) in [6, 6.07) is 6.58. The van der Waals surface area contributed by atoms with E-state index in [2.05, 4.69) is 20.9 Å². The molecule has 0 spiro atoms. The maximum absolute atomic E-state index is 12.5. The van der Waals surface area contributed by atoms with Crippen molar-refractivity contribution in [2.75, 3.05) is 6.54 Å². The number of ketones is 1. The first kappa shape index (κ1) is 12.1. The third-order valence-corrected chi connectivity index (χ3v) is 4.43. The van der Waals surface area contributed by atoms with E-state index in [1.54, 1.807) is 0 Å². The minimum atomic E-state index is -0.00767. The molecular formula is C16H19N3O. The number of imidazole rings is 1. The molecule has 20 heavy (non-hydrogen) atoms. The molecule has 2 fully saturated rings. The molecule has 1 aromatic carbocycles. The van der Waals surface area contributed by atoms with Crippen molar-refractivity contribution in [3.05, 3.63) is 30.1 Å². The molecule has 2 heterocycles. The Morgan fingerprint density at radius 3 is 2.90 bits per heavy atom. The number of carbonyl (C=O) groups excluding carboxylic acids is 1. The highest BCUT2D eigenvalue weighted by atomic mass is 16.1. The zero-order valence-electron chi connectivity index (χ0n) is 11.5. The van der Waals surface area contributed by atoms with Crippen LogP contribution in [0, 0.1) is 0 Å². The van der Waals surface area contributed by atoms with E-state index in [0.29, 0.717) is 6.04 Å². The predicted octanol–water partition coefficient (Wildman–Crippen LogP) is 2.70. The fourth-order valence-electron chi connectivity index (χ4n) is 3.11. The highest BCUT2D eigenvalue weighted by Crippen LogP contribution is 2.37. The maximum atomic E-state index is 12.5. The third-order valence-electron chi connectivity index (χ3n) is 4.43. The molecule has 0 amide bonds. The van der Waals surface area contributed by atoms with Gasteiger partial charge in [0.2, 0.25) is 0 Å². The van der Waals surface area contributed by atoms with Gasteiger partial charge in [0.15, 0.2) is 5.78 Å². The number of Topliss-reactive ketones (excluding diaryl/α,β-unsaturated/α-hetero) is 1. The van der Waals surface area contributed by atoms with Crippen molar-refractivity contribution in [1.29, 1.82) is 0 Å². The Balaban J connectivity index is 1.64. The summed E-state index contributed by atoms with van der Waals surface area (Å²) in [5.74, 6) is 0.215. The maximum Gasteiger partial charge on any atom is 0.179 e. The first-order valence-corrected chi connectivity index (χ1v) is 7.57. The van der Waals surface area contributed by atoms with Crippen LogP contribution >= 0.6 is 0 Å². The van der Waals surface area contributed by atoms with Gasteiger partial charge in [0, 0.05) is 11.6 Å². The number of benzene rings is 1. The molecular weight excluding hydrogens is 250 g/mol. The van der Waals surface area contributed by atoms with E-state index in [1.165, 1.54) is 19.3 Å². The molecule has 0 bridgehead atoms. The number of carbonyl (C=O) groups is 1. The van der Waals surface area contributed by atoms with Gasteiger partial charge in [0.1, 0.15) is 0 Å². The van der Waals surface area contributed by atoms with Crippen molar-refractivity contribution >= 4 is 16.8 Å². The summed E-state index contributed by atoms with van der Waals surface area (Å²) in [7, 11) is 0. The van der Waals surface area contributed by atoms with Crippen LogP contribution in [0.3, 0.4) is 0 Å². The molecule has 1 aromatic heterocycles. The van der Waals surface area contributed by atoms with Crippen LogP contribution in [0.15, 0.2) is 24.5 Å². The number of rotatable bonds is 3. The van der Waals surface area contributed by atoms with Crippen molar-refractivity contribution in [2.45, 2.75) is 44.2 Å². The van der Waals surface area contributed by atoms with Crippen LogP contribution in [0.2, 0.25) is 0 Å². The predicted molar refractivity (Wildman–Crippen MR) is 78.0 cm³/mol. The summed E-state index contributed by atoms with van der Waals surface area (Å²) < 4.78 is 2.24. The standard InChI is InChI=1S/C16H19N3O/c20-16(13-3-1-2-8-17-13)11-4-7-15-14(9-11)18-10-19(15)12-5-6-12/h4,7,9-10,12-13,17H,1-3,5-6,8H2. The number of aromatic nitrogens is 2. The van der Waals surface area contributed by atoms with E-state index in [0.717, 1.165) is 36.0 Å². The Morgan fingerprint density at radius 1 is 1.25 bits per heavy atom. The summed E-state index contributed by atoms with van der Waals surface area (Å²) in [5, 5.41) is 3.32. The van der Waals surface area contributed by atoms with Crippen LogP contribution in [0.5, 0.6) is 0 Å². The molecule has 4 nitrogen and oxygen atoms in total. The van der Waals surface area contributed by atoms with Gasteiger partial charge in [-0.25, -0.2) is 4.98 Å². The highest BCUT2D eigenvalue weighted by molar-refractivity contribution is 6.02. The largest absolute Gasteiger partial charge is 0.327 e. The molecule has 104 valence electrons. The quantitative estimate of drug-likeness (QED) is 0.871. The van der Waals surface area contributed by atoms with Gasteiger partial charge >= 0.3 is 0 Å². The first-order chi connectivity index (χ1) is 9.83. The van der Waals surface area contributed by atoms with Gasteiger partial charge in [0.05, 0.1) is 23.4 Å². The summed E-state index contributed by atoms with van der Waals surface area (Å²) in [6.07, 6.45) is 7.68. The lowest BCUT2D eigenvalue weighted by molar-refractivity contribution is 0.0927. The lowest BCUT2D eigenvalue weighted by Gasteiger charge is -2.22. The van der Waals surface area contributed by atoms with Gasteiger partial charge in [-0.3, -0.25) is 4.79 Å². The molecule has 2 aromatic rings. The molecule has 1 atom stereocenters. The molecule has 4 rings (SSSR count). The van der Waals surface area contributed by atoms with Crippen LogP contribution in [-0.2, 0) is 0 Å². The molecule has 1 saturated heterocycles. The van der Waals surface area contributed by atoms with E-state index >= 15 is 0 Å². The number of hydrogen-bond donors (Lipinski definition) is 1.